The number of halogens is 6. The number of alkyl halides is 3. The zero-order valence-corrected chi connectivity index (χ0v) is 26.5. The van der Waals surface area contributed by atoms with Crippen molar-refractivity contribution in [2.45, 2.75) is 50.9 Å². The van der Waals surface area contributed by atoms with Crippen molar-refractivity contribution in [2.24, 2.45) is 0 Å². The van der Waals surface area contributed by atoms with Crippen LogP contribution in [0, 0.1) is 6.92 Å². The number of nitrogens with one attached hydrogen (secondary N) is 1. The minimum Gasteiger partial charge on any atom is -0.354 e. The standard InChI is InChI=1S/C29H29Cl3F3N3O4S/c1-4-13-36-28(40)19(3)37(16-20-7-11-25(31)26(32)14-20)27(39)17-38(43(41,42)22-9-5-18(2)6-10-22)21-8-12-24(30)23(15-21)29(33,34)35/h5-12,14-15,19H,4,13,16-17H2,1-3H3,(H,36,40)/t19-/m1/s1. The molecule has 0 spiro atoms. The summed E-state index contributed by atoms with van der Waals surface area (Å²) in [7, 11) is -4.58. The topological polar surface area (TPSA) is 86.8 Å². The van der Waals surface area contributed by atoms with Crippen LogP contribution in [-0.4, -0.2) is 44.3 Å². The van der Waals surface area contributed by atoms with E-state index < -0.39 is 56.9 Å². The number of sulfonamides is 1. The highest BCUT2D eigenvalue weighted by atomic mass is 35.5. The molecule has 0 saturated heterocycles. The van der Waals surface area contributed by atoms with Gasteiger partial charge in [0.05, 0.1) is 31.2 Å². The van der Waals surface area contributed by atoms with Gasteiger partial charge in [-0.1, -0.05) is 65.5 Å². The first kappa shape index (κ1) is 34.5. The molecule has 232 valence electrons. The number of hydrogen-bond acceptors (Lipinski definition) is 4. The van der Waals surface area contributed by atoms with Crippen LogP contribution in [0.1, 0.15) is 37.0 Å². The fourth-order valence-corrected chi connectivity index (χ4v) is 6.02. The Balaban J connectivity index is 2.12. The second-order valence-electron chi connectivity index (χ2n) is 9.72. The van der Waals surface area contributed by atoms with Crippen LogP contribution in [0.2, 0.25) is 15.1 Å². The summed E-state index contributed by atoms with van der Waals surface area (Å²) < 4.78 is 69.6. The highest BCUT2D eigenvalue weighted by Gasteiger charge is 2.37. The van der Waals surface area contributed by atoms with E-state index in [2.05, 4.69) is 5.32 Å². The smallest absolute Gasteiger partial charge is 0.354 e. The van der Waals surface area contributed by atoms with Crippen LogP contribution in [0.3, 0.4) is 0 Å². The van der Waals surface area contributed by atoms with Gasteiger partial charge in [-0.2, -0.15) is 13.2 Å². The van der Waals surface area contributed by atoms with Gasteiger partial charge in [-0.05, 0) is 68.3 Å². The summed E-state index contributed by atoms with van der Waals surface area (Å²) in [5, 5.41) is 2.51. The van der Waals surface area contributed by atoms with Crippen molar-refractivity contribution in [3.8, 4) is 0 Å². The Morgan fingerprint density at radius 3 is 2.14 bits per heavy atom. The molecule has 0 unspecified atom stereocenters. The summed E-state index contributed by atoms with van der Waals surface area (Å²) in [6, 6.07) is 11.7. The van der Waals surface area contributed by atoms with E-state index in [-0.39, 0.29) is 21.5 Å². The monoisotopic (exact) mass is 677 g/mol. The van der Waals surface area contributed by atoms with Crippen LogP contribution in [-0.2, 0) is 32.3 Å². The number of rotatable bonds is 11. The first-order valence-corrected chi connectivity index (χ1v) is 15.6. The quantitative estimate of drug-likeness (QED) is 0.234. The predicted octanol–water partition coefficient (Wildman–Crippen LogP) is 7.11. The minimum absolute atomic E-state index is 0.177. The summed E-state index contributed by atoms with van der Waals surface area (Å²) in [6.07, 6.45) is -4.28. The van der Waals surface area contributed by atoms with Crippen LogP contribution in [0.15, 0.2) is 65.6 Å². The minimum atomic E-state index is -4.90. The lowest BCUT2D eigenvalue weighted by Crippen LogP contribution is -2.51. The molecule has 2 amide bonds. The molecule has 3 rings (SSSR count). The zero-order chi connectivity index (χ0) is 32.1. The van der Waals surface area contributed by atoms with Crippen molar-refractivity contribution < 1.29 is 31.2 Å². The normalized spacial score (nSPS) is 12.5. The molecule has 0 radical (unpaired) electrons. The lowest BCUT2D eigenvalue weighted by atomic mass is 10.1. The summed E-state index contributed by atoms with van der Waals surface area (Å²) in [6.45, 7) is 4.27. The molecule has 0 fully saturated rings. The second-order valence-corrected chi connectivity index (χ2v) is 12.8. The van der Waals surface area contributed by atoms with Crippen LogP contribution in [0.5, 0.6) is 0 Å². The molecule has 1 atom stereocenters. The molecule has 0 aliphatic carbocycles. The third-order valence-electron chi connectivity index (χ3n) is 6.48. The van der Waals surface area contributed by atoms with E-state index >= 15 is 0 Å². The zero-order valence-electron chi connectivity index (χ0n) is 23.4. The first-order valence-electron chi connectivity index (χ1n) is 13.0. The van der Waals surface area contributed by atoms with Gasteiger partial charge in [0.15, 0.2) is 0 Å². The number of amides is 2. The summed E-state index contributed by atoms with van der Waals surface area (Å²) in [5.74, 6) is -1.36. The van der Waals surface area contributed by atoms with E-state index in [4.69, 9.17) is 34.8 Å². The van der Waals surface area contributed by atoms with Crippen LogP contribution < -0.4 is 9.62 Å². The molecule has 7 nitrogen and oxygen atoms in total. The van der Waals surface area contributed by atoms with E-state index in [0.717, 1.165) is 22.6 Å². The Morgan fingerprint density at radius 2 is 1.56 bits per heavy atom. The summed E-state index contributed by atoms with van der Waals surface area (Å²) in [5.41, 5.74) is -0.491. The molecule has 0 aliphatic heterocycles. The Hall–Kier alpha value is -2.99. The molecular weight excluding hydrogens is 650 g/mol. The van der Waals surface area contributed by atoms with Gasteiger partial charge in [-0.25, -0.2) is 8.42 Å². The highest BCUT2D eigenvalue weighted by molar-refractivity contribution is 7.92. The van der Waals surface area contributed by atoms with E-state index in [9.17, 15) is 31.2 Å². The molecule has 3 aromatic rings. The number of hydrogen-bond donors (Lipinski definition) is 1. The molecule has 1 N–H and O–H groups in total. The van der Waals surface area contributed by atoms with Gasteiger partial charge >= 0.3 is 6.18 Å². The molecule has 0 heterocycles. The number of nitrogens with zero attached hydrogens (tertiary/aromatic N) is 2. The molecule has 0 aliphatic rings. The summed E-state index contributed by atoms with van der Waals surface area (Å²) in [4.78, 5) is 27.7. The van der Waals surface area contributed by atoms with Crippen molar-refractivity contribution >= 4 is 62.3 Å². The number of aryl methyl sites for hydroxylation is 1. The molecule has 0 bridgehead atoms. The van der Waals surface area contributed by atoms with Gasteiger partial charge in [0.25, 0.3) is 10.0 Å². The Morgan fingerprint density at radius 1 is 0.930 bits per heavy atom. The van der Waals surface area contributed by atoms with E-state index in [0.29, 0.717) is 28.9 Å². The number of benzene rings is 3. The van der Waals surface area contributed by atoms with Gasteiger partial charge in [0, 0.05) is 13.1 Å². The number of anilines is 1. The molecule has 14 heteroatoms. The second kappa shape index (κ2) is 14.2. The van der Waals surface area contributed by atoms with E-state index in [1.807, 2.05) is 6.92 Å². The molecule has 43 heavy (non-hydrogen) atoms. The SMILES string of the molecule is CCCNC(=O)[C@@H](C)N(Cc1ccc(Cl)c(Cl)c1)C(=O)CN(c1ccc(Cl)c(C(F)(F)F)c1)S(=O)(=O)c1ccc(C)cc1. The summed E-state index contributed by atoms with van der Waals surface area (Å²) >= 11 is 18.0. The maximum atomic E-state index is 13.9. The van der Waals surface area contributed by atoms with Crippen molar-refractivity contribution in [3.63, 3.8) is 0 Å². The van der Waals surface area contributed by atoms with Gasteiger partial charge in [0.1, 0.15) is 12.6 Å². The first-order chi connectivity index (χ1) is 20.1. The largest absolute Gasteiger partial charge is 0.417 e. The van der Waals surface area contributed by atoms with Crippen molar-refractivity contribution in [2.75, 3.05) is 17.4 Å². The predicted molar refractivity (Wildman–Crippen MR) is 162 cm³/mol. The lowest BCUT2D eigenvalue weighted by molar-refractivity contribution is -0.139. The Kier molecular flexibility index (Phi) is 11.4. The van der Waals surface area contributed by atoms with Gasteiger partial charge in [-0.15, -0.1) is 0 Å². The van der Waals surface area contributed by atoms with Crippen molar-refractivity contribution in [1.82, 2.24) is 10.2 Å². The third kappa shape index (κ3) is 8.56. The van der Waals surface area contributed by atoms with Gasteiger partial charge in [-0.3, -0.25) is 13.9 Å². The van der Waals surface area contributed by atoms with Crippen LogP contribution in [0.4, 0.5) is 18.9 Å². The highest BCUT2D eigenvalue weighted by Crippen LogP contribution is 2.38. The van der Waals surface area contributed by atoms with Gasteiger partial charge < -0.3 is 10.2 Å². The lowest BCUT2D eigenvalue weighted by Gasteiger charge is -2.32. The average molecular weight is 679 g/mol. The Bertz CT molecular complexity index is 1590. The fourth-order valence-electron chi connectivity index (χ4n) is 4.07. The maximum absolute atomic E-state index is 13.9. The van der Waals surface area contributed by atoms with E-state index in [1.165, 1.54) is 43.3 Å². The third-order valence-corrected chi connectivity index (χ3v) is 9.34. The van der Waals surface area contributed by atoms with E-state index in [1.54, 1.807) is 13.0 Å². The molecule has 3 aromatic carbocycles. The van der Waals surface area contributed by atoms with Crippen molar-refractivity contribution in [1.29, 1.82) is 0 Å². The number of carbonyl (C=O) groups excluding carboxylic acids is 2. The average Bonchev–Trinajstić information content (AvgIpc) is 2.94. The number of carbonyl (C=O) groups is 2. The maximum Gasteiger partial charge on any atom is 0.417 e. The molecule has 0 saturated carbocycles. The van der Waals surface area contributed by atoms with Gasteiger partial charge in [0.2, 0.25) is 11.8 Å². The van der Waals surface area contributed by atoms with Crippen molar-refractivity contribution in [3.05, 3.63) is 92.4 Å². The molecular formula is C29H29Cl3F3N3O4S. The van der Waals surface area contributed by atoms with Crippen LogP contribution >= 0.6 is 34.8 Å². The Labute approximate surface area is 263 Å². The molecule has 0 aromatic heterocycles. The fraction of sp³-hybridized carbons (Fsp3) is 0.310. The van der Waals surface area contributed by atoms with Crippen LogP contribution in [0.25, 0.3) is 0 Å².